The number of carbonyl (C=O) groups is 1. The van der Waals surface area contributed by atoms with Crippen LogP contribution in [-0.2, 0) is 9.53 Å². The predicted molar refractivity (Wildman–Crippen MR) is 16.0 cm³/mol. The summed E-state index contributed by atoms with van der Waals surface area (Å²) in [5.41, 5.74) is 0. The van der Waals surface area contributed by atoms with Gasteiger partial charge in [-0.1, -0.05) is 6.58 Å². The van der Waals surface area contributed by atoms with Gasteiger partial charge in [0.05, 0.1) is 0 Å². The van der Waals surface area contributed by atoms with Gasteiger partial charge in [0, 0.05) is 0 Å². The lowest BCUT2D eigenvalue weighted by atomic mass is 11.1. The standard InChI is InChI=1S/C3H3O2/c1-2-5-3-4/h3H,1H2. The molecule has 0 aromatic rings. The molecule has 5 heavy (non-hydrogen) atoms. The van der Waals surface area contributed by atoms with Crippen LogP contribution in [0, 0.1) is 6.26 Å². The minimum absolute atomic E-state index is 0.257. The van der Waals surface area contributed by atoms with E-state index in [4.69, 9.17) is 4.79 Å². The monoisotopic (exact) mass is 71.0 g/mol. The van der Waals surface area contributed by atoms with E-state index in [9.17, 15) is 0 Å². The molecule has 0 aromatic carbocycles. The minimum Gasteiger partial charge on any atom is -0.425 e. The lowest BCUT2D eigenvalue weighted by molar-refractivity contribution is -0.124. The molecule has 0 N–H and O–H groups in total. The zero-order chi connectivity index (χ0) is 4.12. The molecule has 0 aliphatic rings. The van der Waals surface area contributed by atoms with Crippen molar-refractivity contribution in [1.29, 1.82) is 0 Å². The van der Waals surface area contributed by atoms with Crippen LogP contribution in [0.4, 0.5) is 0 Å². The summed E-state index contributed by atoms with van der Waals surface area (Å²) in [6, 6.07) is 0. The van der Waals surface area contributed by atoms with Crippen LogP contribution < -0.4 is 0 Å². The van der Waals surface area contributed by atoms with E-state index in [2.05, 4.69) is 11.3 Å². The van der Waals surface area contributed by atoms with Crippen molar-refractivity contribution in [2.24, 2.45) is 0 Å². The van der Waals surface area contributed by atoms with Gasteiger partial charge in [-0.2, -0.15) is 0 Å². The number of hydrogen-bond donors (Lipinski definition) is 0. The SMILES string of the molecule is C=[C]OC=O. The Hall–Kier alpha value is -0.790. The quantitative estimate of drug-likeness (QED) is 0.341. The molecule has 0 saturated carbocycles. The Labute approximate surface area is 30.1 Å². The molecule has 0 rings (SSSR count). The van der Waals surface area contributed by atoms with Crippen LogP contribution in [0.3, 0.4) is 0 Å². The average molecular weight is 71.1 g/mol. The van der Waals surface area contributed by atoms with Crippen LogP contribution in [0.1, 0.15) is 0 Å². The van der Waals surface area contributed by atoms with E-state index in [0.717, 1.165) is 0 Å². The summed E-state index contributed by atoms with van der Waals surface area (Å²) in [7, 11) is 0. The molecule has 0 heterocycles. The molecule has 0 spiro atoms. The highest BCUT2D eigenvalue weighted by Crippen LogP contribution is 1.53. The Morgan fingerprint density at radius 2 is 2.60 bits per heavy atom. The summed E-state index contributed by atoms with van der Waals surface area (Å²) in [5.74, 6) is 0. The fourth-order valence-corrected chi connectivity index (χ4v) is 0.0340. The molecule has 0 fully saturated rings. The molecular formula is C3H3O2. The molecule has 0 aliphatic heterocycles. The van der Waals surface area contributed by atoms with E-state index in [1.807, 2.05) is 6.26 Å². The van der Waals surface area contributed by atoms with Crippen LogP contribution in [0.15, 0.2) is 6.58 Å². The van der Waals surface area contributed by atoms with Crippen LogP contribution in [0.2, 0.25) is 0 Å². The number of carbonyl (C=O) groups excluding carboxylic acids is 1. The number of rotatable bonds is 2. The summed E-state index contributed by atoms with van der Waals surface area (Å²) in [4.78, 5) is 9.08. The van der Waals surface area contributed by atoms with Crippen molar-refractivity contribution in [2.75, 3.05) is 0 Å². The first-order valence-electron chi connectivity index (χ1n) is 1.03. The molecule has 1 radical (unpaired) electrons. The van der Waals surface area contributed by atoms with Gasteiger partial charge in [-0.15, -0.1) is 0 Å². The Balaban J connectivity index is 2.65. The Kier molecular flexibility index (Phi) is 2.70. The molecule has 0 aliphatic carbocycles. The Bertz CT molecular complexity index is 34.2. The van der Waals surface area contributed by atoms with Gasteiger partial charge < -0.3 is 4.74 Å². The van der Waals surface area contributed by atoms with E-state index in [-0.39, 0.29) is 6.47 Å². The van der Waals surface area contributed by atoms with Crippen molar-refractivity contribution in [3.8, 4) is 0 Å². The summed E-state index contributed by atoms with van der Waals surface area (Å²) < 4.78 is 3.79. The van der Waals surface area contributed by atoms with E-state index in [1.165, 1.54) is 0 Å². The van der Waals surface area contributed by atoms with Crippen molar-refractivity contribution in [3.63, 3.8) is 0 Å². The Morgan fingerprint density at radius 3 is 2.60 bits per heavy atom. The van der Waals surface area contributed by atoms with Crippen molar-refractivity contribution < 1.29 is 9.53 Å². The highest BCUT2D eigenvalue weighted by atomic mass is 16.5. The van der Waals surface area contributed by atoms with Crippen LogP contribution >= 0.6 is 0 Å². The first-order chi connectivity index (χ1) is 2.41. The van der Waals surface area contributed by atoms with Gasteiger partial charge in [-0.25, -0.2) is 0 Å². The minimum atomic E-state index is 0.257. The maximum Gasteiger partial charge on any atom is 0.298 e. The molecular weight excluding hydrogens is 68.0 g/mol. The molecule has 27 valence electrons. The highest BCUT2D eigenvalue weighted by Gasteiger charge is 1.55. The second kappa shape index (κ2) is 3.21. The van der Waals surface area contributed by atoms with E-state index in [1.54, 1.807) is 0 Å². The topological polar surface area (TPSA) is 26.3 Å². The number of ether oxygens (including phenoxy) is 1. The maximum absolute atomic E-state index is 9.08. The third-order valence-electron chi connectivity index (χ3n) is 0.131. The molecule has 2 heteroatoms. The Morgan fingerprint density at radius 1 is 2.00 bits per heavy atom. The van der Waals surface area contributed by atoms with Gasteiger partial charge in [0.15, 0.2) is 6.26 Å². The number of hydrogen-bond acceptors (Lipinski definition) is 2. The molecule has 2 nitrogen and oxygen atoms in total. The second-order valence-electron chi connectivity index (χ2n) is 0.358. The van der Waals surface area contributed by atoms with Crippen molar-refractivity contribution in [1.82, 2.24) is 0 Å². The lowest BCUT2D eigenvalue weighted by Crippen LogP contribution is -1.68. The maximum atomic E-state index is 9.08. The third-order valence-corrected chi connectivity index (χ3v) is 0.131. The van der Waals surface area contributed by atoms with Crippen LogP contribution in [0.5, 0.6) is 0 Å². The normalized spacial score (nSPS) is 5.60. The van der Waals surface area contributed by atoms with E-state index in [0.29, 0.717) is 0 Å². The van der Waals surface area contributed by atoms with Gasteiger partial charge in [0.1, 0.15) is 0 Å². The van der Waals surface area contributed by atoms with E-state index < -0.39 is 0 Å². The molecule has 0 saturated heterocycles. The van der Waals surface area contributed by atoms with Gasteiger partial charge >= 0.3 is 0 Å². The van der Waals surface area contributed by atoms with Crippen molar-refractivity contribution >= 4 is 6.47 Å². The first kappa shape index (κ1) is 4.21. The summed E-state index contributed by atoms with van der Waals surface area (Å²) in [5, 5.41) is 0. The predicted octanol–water partition coefficient (Wildman–Crippen LogP) is 0.106. The largest absolute Gasteiger partial charge is 0.425 e. The molecule has 0 amide bonds. The molecule has 0 bridgehead atoms. The van der Waals surface area contributed by atoms with Gasteiger partial charge in [0.25, 0.3) is 6.47 Å². The molecule has 0 atom stereocenters. The van der Waals surface area contributed by atoms with Gasteiger partial charge in [0.2, 0.25) is 0 Å². The summed E-state index contributed by atoms with van der Waals surface area (Å²) >= 11 is 0. The average Bonchev–Trinajstić information content (AvgIpc) is 1.41. The smallest absolute Gasteiger partial charge is 0.298 e. The molecule has 0 unspecified atom stereocenters. The van der Waals surface area contributed by atoms with Crippen LogP contribution in [-0.4, -0.2) is 6.47 Å². The van der Waals surface area contributed by atoms with Gasteiger partial charge in [-0.3, -0.25) is 4.79 Å². The lowest BCUT2D eigenvalue weighted by Gasteiger charge is -1.68. The zero-order valence-electron chi connectivity index (χ0n) is 2.60. The van der Waals surface area contributed by atoms with Gasteiger partial charge in [-0.05, 0) is 0 Å². The molecule has 0 aromatic heterocycles. The summed E-state index contributed by atoms with van der Waals surface area (Å²) in [6.45, 7) is 3.23. The zero-order valence-corrected chi connectivity index (χ0v) is 2.60. The first-order valence-corrected chi connectivity index (χ1v) is 1.03. The van der Waals surface area contributed by atoms with Crippen LogP contribution in [0.25, 0.3) is 0 Å². The third kappa shape index (κ3) is 3.21. The fourth-order valence-electron chi connectivity index (χ4n) is 0.0340. The van der Waals surface area contributed by atoms with E-state index >= 15 is 0 Å². The van der Waals surface area contributed by atoms with Crippen molar-refractivity contribution in [3.05, 3.63) is 12.8 Å². The second-order valence-corrected chi connectivity index (χ2v) is 0.358. The van der Waals surface area contributed by atoms with Crippen molar-refractivity contribution in [2.45, 2.75) is 0 Å². The highest BCUT2D eigenvalue weighted by molar-refractivity contribution is 5.37. The fraction of sp³-hybridized carbons (Fsp3) is 0. The summed E-state index contributed by atoms with van der Waals surface area (Å²) in [6.07, 6.45) is 1.90.